The molecule has 0 unspecified atom stereocenters. The minimum Gasteiger partial charge on any atom is -0.497 e. The van der Waals surface area contributed by atoms with Crippen molar-refractivity contribution in [2.45, 2.75) is 25.8 Å². The van der Waals surface area contributed by atoms with Crippen LogP contribution in [0.25, 0.3) is 16.8 Å². The van der Waals surface area contributed by atoms with Crippen LogP contribution in [0, 0.1) is 5.92 Å². The molecule has 0 saturated carbocycles. The second kappa shape index (κ2) is 9.55. The smallest absolute Gasteiger partial charge is 0.223 e. The van der Waals surface area contributed by atoms with Gasteiger partial charge in [0.2, 0.25) is 5.91 Å². The van der Waals surface area contributed by atoms with Gasteiger partial charge in [-0.05, 0) is 43.5 Å². The predicted molar refractivity (Wildman–Crippen MR) is 133 cm³/mol. The molecule has 1 aliphatic heterocycles. The topological polar surface area (TPSA) is 71.8 Å². The van der Waals surface area contributed by atoms with E-state index in [2.05, 4.69) is 21.3 Å². The second-order valence-electron chi connectivity index (χ2n) is 8.74. The van der Waals surface area contributed by atoms with Gasteiger partial charge in [0.25, 0.3) is 0 Å². The maximum absolute atomic E-state index is 12.9. The number of carbonyl (C=O) groups excluding carboxylic acids is 1. The van der Waals surface area contributed by atoms with Crippen LogP contribution in [-0.4, -0.2) is 40.7 Å². The molecule has 174 valence electrons. The summed E-state index contributed by atoms with van der Waals surface area (Å²) < 4.78 is 7.23. The summed E-state index contributed by atoms with van der Waals surface area (Å²) in [6.45, 7) is 3.60. The van der Waals surface area contributed by atoms with Crippen LogP contribution in [0.1, 0.15) is 31.4 Å². The van der Waals surface area contributed by atoms with Gasteiger partial charge in [-0.3, -0.25) is 4.79 Å². The highest BCUT2D eigenvalue weighted by Gasteiger charge is 2.27. The van der Waals surface area contributed by atoms with Crippen LogP contribution < -0.4 is 15.0 Å². The highest BCUT2D eigenvalue weighted by atomic mass is 16.5. The number of hydrogen-bond donors (Lipinski definition) is 1. The Labute approximate surface area is 199 Å². The molecule has 4 aromatic rings. The summed E-state index contributed by atoms with van der Waals surface area (Å²) in [4.78, 5) is 19.8. The lowest BCUT2D eigenvalue weighted by Crippen LogP contribution is -2.41. The zero-order valence-electron chi connectivity index (χ0n) is 19.5. The number of nitrogens with one attached hydrogen (secondary N) is 1. The molecule has 2 aromatic heterocycles. The van der Waals surface area contributed by atoms with E-state index in [0.717, 1.165) is 59.8 Å². The van der Waals surface area contributed by atoms with Crippen molar-refractivity contribution >= 4 is 17.2 Å². The van der Waals surface area contributed by atoms with Crippen LogP contribution in [0.2, 0.25) is 0 Å². The molecule has 1 atom stereocenters. The highest BCUT2D eigenvalue weighted by Crippen LogP contribution is 2.29. The van der Waals surface area contributed by atoms with Gasteiger partial charge in [-0.15, -0.1) is 0 Å². The Morgan fingerprint density at radius 1 is 1.09 bits per heavy atom. The molecule has 1 fully saturated rings. The number of carbonyl (C=O) groups is 1. The molecular formula is C27H29N5O2. The number of methoxy groups -OCH3 is 1. The lowest BCUT2D eigenvalue weighted by molar-refractivity contribution is -0.126. The van der Waals surface area contributed by atoms with E-state index in [-0.39, 0.29) is 17.9 Å². The molecule has 3 heterocycles. The summed E-state index contributed by atoms with van der Waals surface area (Å²) in [5.74, 6) is 1.85. The quantitative estimate of drug-likeness (QED) is 0.464. The van der Waals surface area contributed by atoms with E-state index >= 15 is 0 Å². The van der Waals surface area contributed by atoms with Gasteiger partial charge in [0.1, 0.15) is 11.3 Å². The molecule has 7 nitrogen and oxygen atoms in total. The first-order chi connectivity index (χ1) is 16.6. The number of benzene rings is 2. The van der Waals surface area contributed by atoms with Crippen molar-refractivity contribution < 1.29 is 9.53 Å². The number of aromatic nitrogens is 3. The molecular weight excluding hydrogens is 426 g/mol. The first-order valence-corrected chi connectivity index (χ1v) is 11.7. The number of ether oxygens (including phenoxy) is 1. The number of amides is 1. The third-order valence-electron chi connectivity index (χ3n) is 6.56. The summed E-state index contributed by atoms with van der Waals surface area (Å²) in [6.07, 6.45) is 5.25. The predicted octanol–water partition coefficient (Wildman–Crippen LogP) is 4.50. The van der Waals surface area contributed by atoms with Crippen molar-refractivity contribution in [3.8, 4) is 17.0 Å². The summed E-state index contributed by atoms with van der Waals surface area (Å²) in [7, 11) is 1.66. The molecule has 5 rings (SSSR count). The fourth-order valence-corrected chi connectivity index (χ4v) is 4.59. The molecule has 1 aliphatic rings. The highest BCUT2D eigenvalue weighted by molar-refractivity contribution is 5.80. The van der Waals surface area contributed by atoms with E-state index in [1.54, 1.807) is 13.3 Å². The Balaban J connectivity index is 1.28. The Kier molecular flexibility index (Phi) is 6.16. The maximum Gasteiger partial charge on any atom is 0.223 e. The average molecular weight is 456 g/mol. The van der Waals surface area contributed by atoms with Crippen molar-refractivity contribution in [3.63, 3.8) is 0 Å². The monoisotopic (exact) mass is 455 g/mol. The fraction of sp³-hybridized carbons (Fsp3) is 0.296. The van der Waals surface area contributed by atoms with Crippen molar-refractivity contribution in [3.05, 3.63) is 78.6 Å². The lowest BCUT2D eigenvalue weighted by atomic mass is 9.95. The SMILES string of the molecule is COc1cccc(-c2cc3c(N4CCC(C(=O)N[C@H](C)c5ccccc5)CC4)nccn3n2)c1. The molecule has 0 spiro atoms. The Morgan fingerprint density at radius 3 is 2.65 bits per heavy atom. The normalized spacial score (nSPS) is 15.3. The molecule has 34 heavy (non-hydrogen) atoms. The van der Waals surface area contributed by atoms with Crippen LogP contribution in [-0.2, 0) is 4.79 Å². The average Bonchev–Trinajstić information content (AvgIpc) is 3.34. The number of piperidine rings is 1. The van der Waals surface area contributed by atoms with Crippen LogP contribution >= 0.6 is 0 Å². The summed E-state index contributed by atoms with van der Waals surface area (Å²) in [5, 5.41) is 7.93. The number of nitrogens with zero attached hydrogens (tertiary/aromatic N) is 4. The zero-order chi connectivity index (χ0) is 23.5. The molecule has 0 aliphatic carbocycles. The van der Waals surface area contributed by atoms with Gasteiger partial charge in [-0.25, -0.2) is 9.50 Å². The van der Waals surface area contributed by atoms with Crippen LogP contribution in [0.5, 0.6) is 5.75 Å². The van der Waals surface area contributed by atoms with Gasteiger partial charge in [0, 0.05) is 37.0 Å². The van der Waals surface area contributed by atoms with Gasteiger partial charge in [-0.2, -0.15) is 5.10 Å². The van der Waals surface area contributed by atoms with Gasteiger partial charge in [-0.1, -0.05) is 42.5 Å². The summed E-state index contributed by atoms with van der Waals surface area (Å²) >= 11 is 0. The van der Waals surface area contributed by atoms with Gasteiger partial charge in [0.05, 0.1) is 18.8 Å². The Hall–Kier alpha value is -3.87. The molecule has 2 aromatic carbocycles. The molecule has 0 bridgehead atoms. The maximum atomic E-state index is 12.9. The van der Waals surface area contributed by atoms with Crippen molar-refractivity contribution in [2.24, 2.45) is 5.92 Å². The third-order valence-corrected chi connectivity index (χ3v) is 6.56. The number of rotatable bonds is 6. The first kappa shape index (κ1) is 21.9. The molecule has 1 saturated heterocycles. The summed E-state index contributed by atoms with van der Waals surface area (Å²) in [5.41, 5.74) is 3.95. The molecule has 1 amide bonds. The van der Waals surface area contributed by atoms with E-state index in [0.29, 0.717) is 0 Å². The van der Waals surface area contributed by atoms with E-state index in [9.17, 15) is 4.79 Å². The van der Waals surface area contributed by atoms with E-state index in [1.165, 1.54) is 0 Å². The van der Waals surface area contributed by atoms with Crippen LogP contribution in [0.3, 0.4) is 0 Å². The molecule has 1 N–H and O–H groups in total. The van der Waals surface area contributed by atoms with Crippen molar-refractivity contribution in [2.75, 3.05) is 25.1 Å². The van der Waals surface area contributed by atoms with Crippen LogP contribution in [0.4, 0.5) is 5.82 Å². The minimum absolute atomic E-state index is 0.00368. The zero-order valence-corrected chi connectivity index (χ0v) is 19.5. The lowest BCUT2D eigenvalue weighted by Gasteiger charge is -2.32. The van der Waals surface area contributed by atoms with E-state index < -0.39 is 0 Å². The first-order valence-electron chi connectivity index (χ1n) is 11.7. The largest absolute Gasteiger partial charge is 0.497 e. The second-order valence-corrected chi connectivity index (χ2v) is 8.74. The van der Waals surface area contributed by atoms with Crippen molar-refractivity contribution in [1.29, 1.82) is 0 Å². The standard InChI is InChI=1S/C27H29N5O2/c1-19(20-7-4-3-5-8-20)29-27(33)21-11-14-31(15-12-21)26-25-18-24(30-32(25)16-13-28-26)22-9-6-10-23(17-22)34-2/h3-10,13,16-19,21H,11-12,14-15H2,1-2H3,(H,29,33)/t19-/m1/s1. The molecule has 7 heteroatoms. The van der Waals surface area contributed by atoms with Gasteiger partial charge in [0.15, 0.2) is 5.82 Å². The number of anilines is 1. The Morgan fingerprint density at radius 2 is 1.88 bits per heavy atom. The van der Waals surface area contributed by atoms with Crippen LogP contribution in [0.15, 0.2) is 73.1 Å². The van der Waals surface area contributed by atoms with Crippen molar-refractivity contribution in [1.82, 2.24) is 19.9 Å². The van der Waals surface area contributed by atoms with Gasteiger partial charge >= 0.3 is 0 Å². The minimum atomic E-state index is 0.00368. The number of fused-ring (bicyclic) bond motifs is 1. The fourth-order valence-electron chi connectivity index (χ4n) is 4.59. The van der Waals surface area contributed by atoms with E-state index in [1.807, 2.05) is 72.2 Å². The van der Waals surface area contributed by atoms with E-state index in [4.69, 9.17) is 9.84 Å². The van der Waals surface area contributed by atoms with Gasteiger partial charge < -0.3 is 15.0 Å². The molecule has 0 radical (unpaired) electrons. The summed E-state index contributed by atoms with van der Waals surface area (Å²) in [6, 6.07) is 20.0. The third kappa shape index (κ3) is 4.46. The number of hydrogen-bond acceptors (Lipinski definition) is 5. The Bertz CT molecular complexity index is 1280.